The van der Waals surface area contributed by atoms with Crippen molar-refractivity contribution in [1.82, 2.24) is 10.3 Å². The van der Waals surface area contributed by atoms with Gasteiger partial charge in [0, 0.05) is 24.0 Å². The van der Waals surface area contributed by atoms with Gasteiger partial charge in [0.1, 0.15) is 10.8 Å². The first-order valence-corrected chi connectivity index (χ1v) is 7.83. The van der Waals surface area contributed by atoms with Gasteiger partial charge < -0.3 is 10.4 Å². The molecular formula is C16H21FN2OS. The van der Waals surface area contributed by atoms with Crippen molar-refractivity contribution in [2.24, 2.45) is 5.41 Å². The van der Waals surface area contributed by atoms with Crippen molar-refractivity contribution < 1.29 is 9.50 Å². The molecule has 2 N–H and O–H groups in total. The highest BCUT2D eigenvalue weighted by atomic mass is 32.1. The minimum atomic E-state index is -0.396. The first-order valence-electron chi connectivity index (χ1n) is 6.95. The molecule has 0 spiro atoms. The Morgan fingerprint density at radius 3 is 2.57 bits per heavy atom. The number of nitrogens with one attached hydrogen (secondary N) is 1. The number of aliphatic hydroxyl groups is 1. The van der Waals surface area contributed by atoms with Crippen LogP contribution in [-0.4, -0.2) is 22.7 Å². The minimum Gasteiger partial charge on any atom is -0.391 e. The van der Waals surface area contributed by atoms with Gasteiger partial charge in [-0.15, -0.1) is 11.3 Å². The normalized spacial score (nSPS) is 13.4. The summed E-state index contributed by atoms with van der Waals surface area (Å²) in [6.07, 6.45) is -0.396. The molecule has 0 aliphatic heterocycles. The third-order valence-corrected chi connectivity index (χ3v) is 4.23. The largest absolute Gasteiger partial charge is 0.391 e. The van der Waals surface area contributed by atoms with Crippen LogP contribution in [0.15, 0.2) is 29.6 Å². The van der Waals surface area contributed by atoms with E-state index in [4.69, 9.17) is 0 Å². The van der Waals surface area contributed by atoms with E-state index in [9.17, 15) is 9.50 Å². The van der Waals surface area contributed by atoms with E-state index in [1.165, 1.54) is 23.5 Å². The van der Waals surface area contributed by atoms with Gasteiger partial charge in [0.15, 0.2) is 0 Å². The third kappa shape index (κ3) is 4.59. The Morgan fingerprint density at radius 1 is 1.29 bits per heavy atom. The summed E-state index contributed by atoms with van der Waals surface area (Å²) in [7, 11) is 0. The monoisotopic (exact) mass is 308 g/mol. The van der Waals surface area contributed by atoms with E-state index in [2.05, 4.69) is 10.3 Å². The zero-order valence-electron chi connectivity index (χ0n) is 12.6. The molecular weight excluding hydrogens is 287 g/mol. The van der Waals surface area contributed by atoms with E-state index in [0.717, 1.165) is 16.3 Å². The maximum atomic E-state index is 12.9. The number of hydrogen-bond acceptors (Lipinski definition) is 4. The Kier molecular flexibility index (Phi) is 5.08. The zero-order valence-corrected chi connectivity index (χ0v) is 13.4. The topological polar surface area (TPSA) is 45.1 Å². The van der Waals surface area contributed by atoms with E-state index in [1.807, 2.05) is 26.2 Å². The maximum Gasteiger partial charge on any atom is 0.123 e. The number of hydrogen-bond donors (Lipinski definition) is 2. The molecule has 1 aromatic heterocycles. The van der Waals surface area contributed by atoms with Gasteiger partial charge in [-0.3, -0.25) is 0 Å². The summed E-state index contributed by atoms with van der Waals surface area (Å²) in [6, 6.07) is 6.34. The first kappa shape index (κ1) is 16.1. The molecule has 1 atom stereocenters. The molecule has 1 unspecified atom stereocenters. The van der Waals surface area contributed by atoms with Gasteiger partial charge >= 0.3 is 0 Å². The summed E-state index contributed by atoms with van der Waals surface area (Å²) >= 11 is 1.54. The summed E-state index contributed by atoms with van der Waals surface area (Å²) in [5.41, 5.74) is 1.72. The van der Waals surface area contributed by atoms with Crippen molar-refractivity contribution in [1.29, 1.82) is 0 Å². The number of aromatic nitrogens is 1. The van der Waals surface area contributed by atoms with Crippen LogP contribution in [-0.2, 0) is 6.54 Å². The van der Waals surface area contributed by atoms with Crippen molar-refractivity contribution in [2.45, 2.75) is 33.4 Å². The Bertz CT molecular complexity index is 575. The lowest BCUT2D eigenvalue weighted by Gasteiger charge is -2.25. The van der Waals surface area contributed by atoms with Crippen molar-refractivity contribution in [2.75, 3.05) is 6.54 Å². The van der Waals surface area contributed by atoms with E-state index < -0.39 is 6.10 Å². The van der Waals surface area contributed by atoms with Crippen LogP contribution in [0.5, 0.6) is 0 Å². The fourth-order valence-electron chi connectivity index (χ4n) is 1.76. The van der Waals surface area contributed by atoms with Crippen LogP contribution in [0.25, 0.3) is 10.6 Å². The summed E-state index contributed by atoms with van der Waals surface area (Å²) in [5.74, 6) is -0.242. The van der Waals surface area contributed by atoms with Gasteiger partial charge in [-0.25, -0.2) is 9.37 Å². The SMILES string of the molecule is CC(C)(C)C(O)CNCc1csc(-c2ccc(F)cc2)n1. The highest BCUT2D eigenvalue weighted by Gasteiger charge is 2.21. The maximum absolute atomic E-state index is 12.9. The smallest absolute Gasteiger partial charge is 0.123 e. The molecule has 5 heteroatoms. The third-order valence-electron chi connectivity index (χ3n) is 3.29. The highest BCUT2D eigenvalue weighted by molar-refractivity contribution is 7.13. The summed E-state index contributed by atoms with van der Waals surface area (Å²) in [5, 5.41) is 16.0. The van der Waals surface area contributed by atoms with Crippen LogP contribution < -0.4 is 5.32 Å². The average molecular weight is 308 g/mol. The zero-order chi connectivity index (χ0) is 15.5. The Labute approximate surface area is 128 Å². The van der Waals surface area contributed by atoms with Crippen LogP contribution in [0.2, 0.25) is 0 Å². The van der Waals surface area contributed by atoms with Crippen LogP contribution in [0.3, 0.4) is 0 Å². The van der Waals surface area contributed by atoms with Gasteiger partial charge in [0.25, 0.3) is 0 Å². The van der Waals surface area contributed by atoms with Gasteiger partial charge in [-0.05, 0) is 29.7 Å². The Balaban J connectivity index is 1.90. The first-order chi connectivity index (χ1) is 9.86. The predicted octanol–water partition coefficient (Wildman–Crippen LogP) is 3.45. The average Bonchev–Trinajstić information content (AvgIpc) is 2.87. The fourth-order valence-corrected chi connectivity index (χ4v) is 2.58. The van der Waals surface area contributed by atoms with Crippen molar-refractivity contribution in [3.8, 4) is 10.6 Å². The number of benzene rings is 1. The fraction of sp³-hybridized carbons (Fsp3) is 0.438. The standard InChI is InChI=1S/C16H21FN2OS/c1-16(2,3)14(20)9-18-8-13-10-21-15(19-13)11-4-6-12(17)7-5-11/h4-7,10,14,18,20H,8-9H2,1-3H3. The molecule has 0 saturated heterocycles. The van der Waals surface area contributed by atoms with Crippen LogP contribution in [0, 0.1) is 11.2 Å². The van der Waals surface area contributed by atoms with E-state index in [1.54, 1.807) is 12.1 Å². The molecule has 2 rings (SSSR count). The molecule has 0 amide bonds. The molecule has 0 radical (unpaired) electrons. The Hall–Kier alpha value is -1.30. The molecule has 1 heterocycles. The summed E-state index contributed by atoms with van der Waals surface area (Å²) in [6.45, 7) is 7.18. The number of thiazole rings is 1. The number of nitrogens with zero attached hydrogens (tertiary/aromatic N) is 1. The second-order valence-corrected chi connectivity index (χ2v) is 7.02. The molecule has 0 fully saturated rings. The van der Waals surface area contributed by atoms with Crippen molar-refractivity contribution >= 4 is 11.3 Å². The van der Waals surface area contributed by atoms with E-state index >= 15 is 0 Å². The lowest BCUT2D eigenvalue weighted by molar-refractivity contribution is 0.0627. The lowest BCUT2D eigenvalue weighted by atomic mass is 9.89. The van der Waals surface area contributed by atoms with Crippen molar-refractivity contribution in [3.63, 3.8) is 0 Å². The van der Waals surface area contributed by atoms with Gasteiger partial charge in [0.05, 0.1) is 11.8 Å². The summed E-state index contributed by atoms with van der Waals surface area (Å²) < 4.78 is 12.9. The van der Waals surface area contributed by atoms with Crippen LogP contribution >= 0.6 is 11.3 Å². The summed E-state index contributed by atoms with van der Waals surface area (Å²) in [4.78, 5) is 4.52. The molecule has 0 aliphatic carbocycles. The van der Waals surface area contributed by atoms with Crippen molar-refractivity contribution in [3.05, 3.63) is 41.2 Å². The Morgan fingerprint density at radius 2 is 1.95 bits per heavy atom. The lowest BCUT2D eigenvalue weighted by Crippen LogP contribution is -2.36. The molecule has 0 aliphatic rings. The quantitative estimate of drug-likeness (QED) is 0.889. The van der Waals surface area contributed by atoms with Crippen LogP contribution in [0.1, 0.15) is 26.5 Å². The van der Waals surface area contributed by atoms with Gasteiger partial charge in [0.2, 0.25) is 0 Å². The van der Waals surface area contributed by atoms with E-state index in [-0.39, 0.29) is 11.2 Å². The molecule has 0 bridgehead atoms. The number of rotatable bonds is 5. The molecule has 2 aromatic rings. The van der Waals surface area contributed by atoms with E-state index in [0.29, 0.717) is 13.1 Å². The molecule has 1 aromatic carbocycles. The van der Waals surface area contributed by atoms with Gasteiger partial charge in [-0.1, -0.05) is 20.8 Å². The number of aliphatic hydroxyl groups excluding tert-OH is 1. The molecule has 0 saturated carbocycles. The molecule has 21 heavy (non-hydrogen) atoms. The van der Waals surface area contributed by atoms with Gasteiger partial charge in [-0.2, -0.15) is 0 Å². The second kappa shape index (κ2) is 6.64. The van der Waals surface area contributed by atoms with Crippen LogP contribution in [0.4, 0.5) is 4.39 Å². The molecule has 114 valence electrons. The number of halogens is 1. The highest BCUT2D eigenvalue weighted by Crippen LogP contribution is 2.24. The predicted molar refractivity (Wildman–Crippen MR) is 84.7 cm³/mol. The second-order valence-electron chi connectivity index (χ2n) is 6.16. The molecule has 3 nitrogen and oxygen atoms in total. The minimum absolute atomic E-state index is 0.131.